The lowest BCUT2D eigenvalue weighted by atomic mass is 9.98. The zero-order chi connectivity index (χ0) is 26.7. The van der Waals surface area contributed by atoms with E-state index < -0.39 is 42.1 Å². The summed E-state index contributed by atoms with van der Waals surface area (Å²) in [5.41, 5.74) is 0.678. The number of ether oxygens (including phenoxy) is 4. The lowest BCUT2D eigenvalue weighted by Crippen LogP contribution is -2.37. The molecule has 8 nitrogen and oxygen atoms in total. The number of aromatic hydroxyl groups is 2. The molecule has 2 aliphatic rings. The average Bonchev–Trinajstić information content (AvgIpc) is 3.14. The van der Waals surface area contributed by atoms with E-state index in [4.69, 9.17) is 18.9 Å². The molecule has 0 radical (unpaired) electrons. The molecule has 0 spiro atoms. The fourth-order valence-electron chi connectivity index (χ4n) is 4.40. The first-order valence-corrected chi connectivity index (χ1v) is 12.3. The van der Waals surface area contributed by atoms with Crippen LogP contribution in [0.25, 0.3) is 6.08 Å². The molecule has 2 aliphatic heterocycles. The minimum atomic E-state index is -0.922. The Morgan fingerprint density at radius 3 is 2.51 bits per heavy atom. The van der Waals surface area contributed by atoms with Crippen molar-refractivity contribution in [2.45, 2.75) is 64.3 Å². The third-order valence-corrected chi connectivity index (χ3v) is 6.44. The van der Waals surface area contributed by atoms with Gasteiger partial charge >= 0.3 is 11.9 Å². The summed E-state index contributed by atoms with van der Waals surface area (Å²) < 4.78 is 23.9. The fourth-order valence-corrected chi connectivity index (χ4v) is 4.40. The number of hydrogen-bond acceptors (Lipinski definition) is 8. The first-order valence-electron chi connectivity index (χ1n) is 12.3. The summed E-state index contributed by atoms with van der Waals surface area (Å²) in [6.45, 7) is 7.18. The zero-order valence-corrected chi connectivity index (χ0v) is 21.3. The van der Waals surface area contributed by atoms with Crippen LogP contribution in [0.3, 0.4) is 0 Å². The van der Waals surface area contributed by atoms with Gasteiger partial charge in [0.15, 0.2) is 5.79 Å². The molecule has 5 atom stereocenters. The summed E-state index contributed by atoms with van der Waals surface area (Å²) in [5, 5.41) is 20.4. The molecule has 0 aromatic heterocycles. The number of phenols is 2. The summed E-state index contributed by atoms with van der Waals surface area (Å²) in [6.07, 6.45) is 4.82. The summed E-state index contributed by atoms with van der Waals surface area (Å²) in [5.74, 6) is -2.96. The van der Waals surface area contributed by atoms with Gasteiger partial charge in [-0.2, -0.15) is 0 Å². The second-order valence-corrected chi connectivity index (χ2v) is 9.80. The van der Waals surface area contributed by atoms with Crippen LogP contribution < -0.4 is 0 Å². The molecular formula is C29H32O8. The number of carbonyl (C=O) groups excluding carboxylic acids is 2. The second-order valence-electron chi connectivity index (χ2n) is 9.80. The number of carbonyl (C=O) groups is 2. The Bertz CT molecular complexity index is 1200. The SMILES string of the molecule is C[C@@H]1C=CC(OC(=O)c2ccccc2)[C@H]2OC(C)(C)O[C@H]2CC=Cc2cc(O)cc(O)c2C(=O)O[C@H]1C. The Morgan fingerprint density at radius 1 is 1.05 bits per heavy atom. The molecule has 0 saturated carbocycles. The van der Waals surface area contributed by atoms with Crippen LogP contribution in [0, 0.1) is 5.92 Å². The summed E-state index contributed by atoms with van der Waals surface area (Å²) >= 11 is 0. The Balaban J connectivity index is 1.72. The second kappa shape index (κ2) is 10.8. The van der Waals surface area contributed by atoms with E-state index in [1.165, 1.54) is 6.07 Å². The van der Waals surface area contributed by atoms with E-state index in [0.29, 0.717) is 17.5 Å². The lowest BCUT2D eigenvalue weighted by molar-refractivity contribution is -0.152. The van der Waals surface area contributed by atoms with E-state index in [1.54, 1.807) is 63.3 Å². The van der Waals surface area contributed by atoms with Gasteiger partial charge in [-0.1, -0.05) is 43.4 Å². The molecule has 37 heavy (non-hydrogen) atoms. The average molecular weight is 509 g/mol. The minimum absolute atomic E-state index is 0.0377. The number of rotatable bonds is 2. The molecule has 0 bridgehead atoms. The molecule has 196 valence electrons. The van der Waals surface area contributed by atoms with Gasteiger partial charge in [-0.05, 0) is 57.0 Å². The molecule has 2 aromatic carbocycles. The van der Waals surface area contributed by atoms with E-state index in [-0.39, 0.29) is 23.0 Å². The number of fused-ring (bicyclic) bond motifs is 2. The van der Waals surface area contributed by atoms with Crippen molar-refractivity contribution in [2.75, 3.05) is 0 Å². The van der Waals surface area contributed by atoms with Crippen LogP contribution in [0.2, 0.25) is 0 Å². The quantitative estimate of drug-likeness (QED) is 0.431. The van der Waals surface area contributed by atoms with Crippen LogP contribution in [-0.2, 0) is 18.9 Å². The number of hydrogen-bond donors (Lipinski definition) is 2. The Labute approximate surface area is 216 Å². The van der Waals surface area contributed by atoms with Crippen molar-refractivity contribution in [3.8, 4) is 11.5 Å². The highest BCUT2D eigenvalue weighted by molar-refractivity contribution is 5.97. The van der Waals surface area contributed by atoms with Crippen molar-refractivity contribution < 1.29 is 38.7 Å². The Hall–Kier alpha value is -3.62. The zero-order valence-electron chi connectivity index (χ0n) is 21.3. The number of cyclic esters (lactones) is 1. The molecule has 2 N–H and O–H groups in total. The van der Waals surface area contributed by atoms with Gasteiger partial charge < -0.3 is 29.2 Å². The molecule has 1 fully saturated rings. The maximum atomic E-state index is 13.0. The van der Waals surface area contributed by atoms with Crippen LogP contribution in [-0.4, -0.2) is 52.4 Å². The van der Waals surface area contributed by atoms with Crippen LogP contribution in [0.5, 0.6) is 11.5 Å². The van der Waals surface area contributed by atoms with E-state index in [0.717, 1.165) is 6.07 Å². The fraction of sp³-hybridized carbons (Fsp3) is 0.379. The smallest absolute Gasteiger partial charge is 0.342 e. The van der Waals surface area contributed by atoms with Crippen LogP contribution in [0.15, 0.2) is 60.7 Å². The van der Waals surface area contributed by atoms with Gasteiger partial charge in [0.2, 0.25) is 0 Å². The third-order valence-electron chi connectivity index (χ3n) is 6.44. The normalized spacial score (nSPS) is 27.5. The van der Waals surface area contributed by atoms with Gasteiger partial charge in [-0.3, -0.25) is 0 Å². The van der Waals surface area contributed by atoms with E-state index in [9.17, 15) is 19.8 Å². The van der Waals surface area contributed by atoms with E-state index in [2.05, 4.69) is 0 Å². The Kier molecular flexibility index (Phi) is 7.71. The first kappa shape index (κ1) is 26.4. The van der Waals surface area contributed by atoms with E-state index in [1.807, 2.05) is 19.1 Å². The summed E-state index contributed by atoms with van der Waals surface area (Å²) in [6, 6.07) is 11.2. The van der Waals surface area contributed by atoms with Crippen molar-refractivity contribution in [2.24, 2.45) is 5.92 Å². The van der Waals surface area contributed by atoms with Gasteiger partial charge in [-0.25, -0.2) is 9.59 Å². The minimum Gasteiger partial charge on any atom is -0.508 e. The van der Waals surface area contributed by atoms with Crippen LogP contribution in [0.4, 0.5) is 0 Å². The van der Waals surface area contributed by atoms with Gasteiger partial charge in [-0.15, -0.1) is 0 Å². The molecule has 8 heteroatoms. The highest BCUT2D eigenvalue weighted by Gasteiger charge is 2.45. The van der Waals surface area contributed by atoms with Crippen LogP contribution in [0.1, 0.15) is 60.4 Å². The van der Waals surface area contributed by atoms with Crippen LogP contribution >= 0.6 is 0 Å². The van der Waals surface area contributed by atoms with Gasteiger partial charge in [0.1, 0.15) is 35.4 Å². The summed E-state index contributed by atoms with van der Waals surface area (Å²) in [4.78, 5) is 25.9. The predicted octanol–water partition coefficient (Wildman–Crippen LogP) is 5.00. The maximum Gasteiger partial charge on any atom is 0.342 e. The highest BCUT2D eigenvalue weighted by Crippen LogP contribution is 2.35. The van der Waals surface area contributed by atoms with Crippen molar-refractivity contribution in [1.29, 1.82) is 0 Å². The Morgan fingerprint density at radius 2 is 1.78 bits per heavy atom. The topological polar surface area (TPSA) is 112 Å². The maximum absolute atomic E-state index is 13.0. The monoisotopic (exact) mass is 508 g/mol. The largest absolute Gasteiger partial charge is 0.508 e. The third kappa shape index (κ3) is 6.21. The molecule has 1 saturated heterocycles. The first-order chi connectivity index (χ1) is 17.5. The molecular weight excluding hydrogens is 476 g/mol. The molecule has 2 heterocycles. The van der Waals surface area contributed by atoms with Gasteiger partial charge in [0.05, 0.1) is 11.7 Å². The molecule has 1 unspecified atom stereocenters. The number of esters is 2. The molecule has 0 aliphatic carbocycles. The molecule has 4 rings (SSSR count). The van der Waals surface area contributed by atoms with Crippen molar-refractivity contribution >= 4 is 18.0 Å². The van der Waals surface area contributed by atoms with Crippen molar-refractivity contribution in [3.05, 3.63) is 77.4 Å². The number of phenolic OH excluding ortho intramolecular Hbond substituents is 2. The standard InChI is InChI=1S/C29H32O8/c1-17-13-14-23(35-27(32)19-9-6-5-7-10-19)26-24(36-29(3,4)37-26)12-8-11-20-15-21(30)16-22(31)25(20)28(33)34-18(17)2/h5-11,13-18,23-24,26,30-31H,12H2,1-4H3/t17-,18+,23?,24+,26-/m1/s1. The van der Waals surface area contributed by atoms with Crippen molar-refractivity contribution in [1.82, 2.24) is 0 Å². The number of benzene rings is 2. The predicted molar refractivity (Wildman–Crippen MR) is 136 cm³/mol. The van der Waals surface area contributed by atoms with Crippen molar-refractivity contribution in [3.63, 3.8) is 0 Å². The molecule has 0 amide bonds. The van der Waals surface area contributed by atoms with E-state index >= 15 is 0 Å². The highest BCUT2D eigenvalue weighted by atomic mass is 16.8. The van der Waals surface area contributed by atoms with Gasteiger partial charge in [0.25, 0.3) is 0 Å². The summed E-state index contributed by atoms with van der Waals surface area (Å²) in [7, 11) is 0. The van der Waals surface area contributed by atoms with Gasteiger partial charge in [0, 0.05) is 12.0 Å². The lowest BCUT2D eigenvalue weighted by Gasteiger charge is -2.25. The molecule has 2 aromatic rings.